The maximum atomic E-state index is 13.7. The molecule has 0 aliphatic heterocycles. The van der Waals surface area contributed by atoms with Crippen LogP contribution in [-0.2, 0) is 6.54 Å². The van der Waals surface area contributed by atoms with Gasteiger partial charge < -0.3 is 10.2 Å². The summed E-state index contributed by atoms with van der Waals surface area (Å²) in [5, 5.41) is 2.23. The Bertz CT molecular complexity index is 914. The third-order valence-electron chi connectivity index (χ3n) is 4.01. The second-order valence-electron chi connectivity index (χ2n) is 5.81. The third-order valence-corrected chi connectivity index (χ3v) is 4.01. The SMILES string of the molecule is CCN(Cc1ccccc1)c1cc(C(=O)Nc2c(F)cccc2F)ncn1. The topological polar surface area (TPSA) is 58.1 Å². The highest BCUT2D eigenvalue weighted by Gasteiger charge is 2.16. The molecule has 0 unspecified atom stereocenters. The fourth-order valence-electron chi connectivity index (χ4n) is 2.60. The molecule has 0 aliphatic rings. The van der Waals surface area contributed by atoms with E-state index in [4.69, 9.17) is 0 Å². The lowest BCUT2D eigenvalue weighted by atomic mass is 10.2. The summed E-state index contributed by atoms with van der Waals surface area (Å²) in [6, 6.07) is 14.7. The van der Waals surface area contributed by atoms with E-state index < -0.39 is 23.2 Å². The van der Waals surface area contributed by atoms with Gasteiger partial charge in [0, 0.05) is 19.2 Å². The highest BCUT2D eigenvalue weighted by molar-refractivity contribution is 6.03. The van der Waals surface area contributed by atoms with Crippen LogP contribution in [0.5, 0.6) is 0 Å². The minimum Gasteiger partial charge on any atom is -0.352 e. The van der Waals surface area contributed by atoms with Crippen molar-refractivity contribution in [1.29, 1.82) is 0 Å². The smallest absolute Gasteiger partial charge is 0.274 e. The molecule has 0 bridgehead atoms. The number of rotatable bonds is 6. The lowest BCUT2D eigenvalue weighted by Crippen LogP contribution is -2.24. The molecule has 0 fully saturated rings. The van der Waals surface area contributed by atoms with Crippen LogP contribution in [0.2, 0.25) is 0 Å². The molecule has 27 heavy (non-hydrogen) atoms. The van der Waals surface area contributed by atoms with Gasteiger partial charge in [0.1, 0.15) is 35.2 Å². The summed E-state index contributed by atoms with van der Waals surface area (Å²) in [5.74, 6) is -1.86. The number of carbonyl (C=O) groups excluding carboxylic acids is 1. The summed E-state index contributed by atoms with van der Waals surface area (Å²) in [6.45, 7) is 3.24. The van der Waals surface area contributed by atoms with E-state index >= 15 is 0 Å². The monoisotopic (exact) mass is 368 g/mol. The van der Waals surface area contributed by atoms with Gasteiger partial charge in [-0.05, 0) is 24.6 Å². The Kier molecular flexibility index (Phi) is 5.71. The standard InChI is InChI=1S/C20H18F2N4O/c1-2-26(12-14-7-4-3-5-8-14)18-11-17(23-13-24-18)20(27)25-19-15(21)9-6-10-16(19)22/h3-11,13H,2,12H2,1H3,(H,25,27). The molecular weight excluding hydrogens is 350 g/mol. The highest BCUT2D eigenvalue weighted by atomic mass is 19.1. The summed E-state index contributed by atoms with van der Waals surface area (Å²) >= 11 is 0. The Morgan fingerprint density at radius 3 is 2.41 bits per heavy atom. The quantitative estimate of drug-likeness (QED) is 0.714. The number of amides is 1. The molecule has 138 valence electrons. The molecule has 1 amide bonds. The summed E-state index contributed by atoms with van der Waals surface area (Å²) in [6.07, 6.45) is 1.26. The number of anilines is 2. The fraction of sp³-hybridized carbons (Fsp3) is 0.150. The van der Waals surface area contributed by atoms with Crippen LogP contribution in [0.15, 0.2) is 60.9 Å². The molecule has 0 spiro atoms. The molecule has 2 aromatic carbocycles. The van der Waals surface area contributed by atoms with E-state index in [0.717, 1.165) is 17.7 Å². The third kappa shape index (κ3) is 4.44. The highest BCUT2D eigenvalue weighted by Crippen LogP contribution is 2.20. The van der Waals surface area contributed by atoms with E-state index in [9.17, 15) is 13.6 Å². The van der Waals surface area contributed by atoms with Crippen LogP contribution in [0.3, 0.4) is 0 Å². The zero-order valence-electron chi connectivity index (χ0n) is 14.7. The number of carbonyl (C=O) groups is 1. The van der Waals surface area contributed by atoms with Gasteiger partial charge in [-0.25, -0.2) is 18.7 Å². The van der Waals surface area contributed by atoms with E-state index in [1.807, 2.05) is 42.2 Å². The van der Waals surface area contributed by atoms with Gasteiger partial charge in [-0.1, -0.05) is 36.4 Å². The fourth-order valence-corrected chi connectivity index (χ4v) is 2.60. The number of hydrogen-bond donors (Lipinski definition) is 1. The van der Waals surface area contributed by atoms with Crippen molar-refractivity contribution in [3.63, 3.8) is 0 Å². The normalized spacial score (nSPS) is 10.5. The van der Waals surface area contributed by atoms with Crippen molar-refractivity contribution in [2.45, 2.75) is 13.5 Å². The van der Waals surface area contributed by atoms with Gasteiger partial charge in [0.25, 0.3) is 5.91 Å². The predicted octanol–water partition coefficient (Wildman–Crippen LogP) is 4.03. The lowest BCUT2D eigenvalue weighted by molar-refractivity contribution is 0.102. The molecule has 1 heterocycles. The number of nitrogens with zero attached hydrogens (tertiary/aromatic N) is 3. The Hall–Kier alpha value is -3.35. The van der Waals surface area contributed by atoms with Crippen LogP contribution in [0.25, 0.3) is 0 Å². The largest absolute Gasteiger partial charge is 0.352 e. The van der Waals surface area contributed by atoms with Crippen LogP contribution in [0.1, 0.15) is 23.0 Å². The number of hydrogen-bond acceptors (Lipinski definition) is 4. The second kappa shape index (κ2) is 8.35. The van der Waals surface area contributed by atoms with Crippen molar-refractivity contribution >= 4 is 17.4 Å². The molecule has 0 saturated heterocycles. The Morgan fingerprint density at radius 1 is 1.04 bits per heavy atom. The number of aromatic nitrogens is 2. The van der Waals surface area contributed by atoms with E-state index in [-0.39, 0.29) is 5.69 Å². The molecule has 3 aromatic rings. The first-order valence-electron chi connectivity index (χ1n) is 8.44. The second-order valence-corrected chi connectivity index (χ2v) is 5.81. The van der Waals surface area contributed by atoms with Gasteiger partial charge in [0.05, 0.1) is 0 Å². The van der Waals surface area contributed by atoms with E-state index in [2.05, 4.69) is 15.3 Å². The zero-order chi connectivity index (χ0) is 19.2. The van der Waals surface area contributed by atoms with Gasteiger partial charge >= 0.3 is 0 Å². The molecule has 3 rings (SSSR count). The number of para-hydroxylation sites is 1. The van der Waals surface area contributed by atoms with Crippen LogP contribution in [0.4, 0.5) is 20.3 Å². The first-order chi connectivity index (χ1) is 13.1. The molecular formula is C20H18F2N4O. The first-order valence-corrected chi connectivity index (χ1v) is 8.44. The van der Waals surface area contributed by atoms with E-state index in [1.165, 1.54) is 18.5 Å². The molecule has 0 atom stereocenters. The van der Waals surface area contributed by atoms with Crippen LogP contribution < -0.4 is 10.2 Å². The van der Waals surface area contributed by atoms with Crippen molar-refractivity contribution in [3.8, 4) is 0 Å². The maximum absolute atomic E-state index is 13.7. The number of halogens is 2. The Labute approximate surface area is 155 Å². The van der Waals surface area contributed by atoms with Gasteiger partial charge in [0.15, 0.2) is 0 Å². The molecule has 0 aliphatic carbocycles. The molecule has 5 nitrogen and oxygen atoms in total. The molecule has 1 aromatic heterocycles. The van der Waals surface area contributed by atoms with Crippen molar-refractivity contribution in [2.24, 2.45) is 0 Å². The van der Waals surface area contributed by atoms with Crippen molar-refractivity contribution < 1.29 is 13.6 Å². The lowest BCUT2D eigenvalue weighted by Gasteiger charge is -2.22. The van der Waals surface area contributed by atoms with Gasteiger partial charge in [-0.2, -0.15) is 0 Å². The average Bonchev–Trinajstić information content (AvgIpc) is 2.70. The zero-order valence-corrected chi connectivity index (χ0v) is 14.7. The number of nitrogens with one attached hydrogen (secondary N) is 1. The molecule has 7 heteroatoms. The van der Waals surface area contributed by atoms with Gasteiger partial charge in [-0.15, -0.1) is 0 Å². The van der Waals surface area contributed by atoms with Crippen molar-refractivity contribution in [2.75, 3.05) is 16.8 Å². The van der Waals surface area contributed by atoms with Gasteiger partial charge in [0.2, 0.25) is 0 Å². The van der Waals surface area contributed by atoms with E-state index in [0.29, 0.717) is 18.9 Å². The van der Waals surface area contributed by atoms with Crippen molar-refractivity contribution in [3.05, 3.63) is 83.8 Å². The molecule has 0 radical (unpaired) electrons. The van der Waals surface area contributed by atoms with Gasteiger partial charge in [-0.3, -0.25) is 4.79 Å². The molecule has 1 N–H and O–H groups in total. The maximum Gasteiger partial charge on any atom is 0.274 e. The van der Waals surface area contributed by atoms with Crippen LogP contribution >= 0.6 is 0 Å². The number of benzene rings is 2. The summed E-state index contributed by atoms with van der Waals surface area (Å²) < 4.78 is 27.5. The summed E-state index contributed by atoms with van der Waals surface area (Å²) in [4.78, 5) is 22.5. The van der Waals surface area contributed by atoms with Crippen molar-refractivity contribution in [1.82, 2.24) is 9.97 Å². The molecule has 0 saturated carbocycles. The average molecular weight is 368 g/mol. The minimum atomic E-state index is -0.850. The first kappa shape index (κ1) is 18.4. The minimum absolute atomic E-state index is 0.0224. The van der Waals surface area contributed by atoms with E-state index in [1.54, 1.807) is 0 Å². The predicted molar refractivity (Wildman–Crippen MR) is 99.5 cm³/mol. The summed E-state index contributed by atoms with van der Waals surface area (Å²) in [5.41, 5.74) is 0.617. The van der Waals surface area contributed by atoms with Crippen LogP contribution in [0, 0.1) is 11.6 Å². The summed E-state index contributed by atoms with van der Waals surface area (Å²) in [7, 11) is 0. The Morgan fingerprint density at radius 2 is 1.74 bits per heavy atom. The van der Waals surface area contributed by atoms with Crippen LogP contribution in [-0.4, -0.2) is 22.4 Å². The Balaban J connectivity index is 1.80.